The number of halogens is 1. The van der Waals surface area contributed by atoms with Crippen LogP contribution in [0.2, 0.25) is 0 Å². The largest absolute Gasteiger partial charge is 0.478 e. The van der Waals surface area contributed by atoms with Gasteiger partial charge in [-0.2, -0.15) is 0 Å². The first-order valence-corrected chi connectivity index (χ1v) is 5.85. The lowest BCUT2D eigenvalue weighted by Crippen LogP contribution is -2.20. The number of hydrogen-bond donors (Lipinski definition) is 2. The van der Waals surface area contributed by atoms with Crippen LogP contribution >= 0.6 is 0 Å². The van der Waals surface area contributed by atoms with Crippen LogP contribution in [0.1, 0.15) is 18.1 Å². The van der Waals surface area contributed by atoms with Crippen molar-refractivity contribution in [3.05, 3.63) is 46.8 Å². The zero-order valence-corrected chi connectivity index (χ0v) is 10.7. The summed E-state index contributed by atoms with van der Waals surface area (Å²) in [6.07, 6.45) is 1.99. The summed E-state index contributed by atoms with van der Waals surface area (Å²) in [7, 11) is 0. The highest BCUT2D eigenvalue weighted by Crippen LogP contribution is 2.10. The molecule has 0 saturated heterocycles. The molecule has 1 aromatic carbocycles. The third-order valence-corrected chi connectivity index (χ3v) is 2.65. The van der Waals surface area contributed by atoms with Gasteiger partial charge in [-0.3, -0.25) is 0 Å². The maximum Gasteiger partial charge on any atom is 0.328 e. The summed E-state index contributed by atoms with van der Waals surface area (Å²) < 4.78 is 12.9. The molecule has 1 rings (SSSR count). The molecular formula is C14H18FNO2. The Balaban J connectivity index is 2.36. The monoisotopic (exact) mass is 251 g/mol. The second-order valence-corrected chi connectivity index (χ2v) is 4.33. The summed E-state index contributed by atoms with van der Waals surface area (Å²) in [4.78, 5) is 10.4. The summed E-state index contributed by atoms with van der Waals surface area (Å²) in [5, 5.41) is 11.7. The van der Waals surface area contributed by atoms with Crippen molar-refractivity contribution in [3.8, 4) is 0 Å². The minimum atomic E-state index is -0.927. The molecule has 0 aliphatic rings. The van der Waals surface area contributed by atoms with Gasteiger partial charge < -0.3 is 10.4 Å². The van der Waals surface area contributed by atoms with Crippen molar-refractivity contribution in [1.82, 2.24) is 5.32 Å². The second kappa shape index (κ2) is 6.91. The molecule has 0 unspecified atom stereocenters. The number of benzene rings is 1. The van der Waals surface area contributed by atoms with Gasteiger partial charge in [0.15, 0.2) is 0 Å². The van der Waals surface area contributed by atoms with Crippen LogP contribution in [0.15, 0.2) is 29.8 Å². The van der Waals surface area contributed by atoms with Crippen LogP contribution in [0.5, 0.6) is 0 Å². The van der Waals surface area contributed by atoms with Gasteiger partial charge >= 0.3 is 5.97 Å². The quantitative estimate of drug-likeness (QED) is 0.602. The van der Waals surface area contributed by atoms with Crippen LogP contribution in [-0.4, -0.2) is 24.2 Å². The molecule has 0 radical (unpaired) electrons. The molecule has 98 valence electrons. The van der Waals surface area contributed by atoms with Crippen LogP contribution < -0.4 is 5.32 Å². The molecule has 3 nitrogen and oxygen atoms in total. The molecule has 0 amide bonds. The van der Waals surface area contributed by atoms with Crippen molar-refractivity contribution < 1.29 is 14.3 Å². The van der Waals surface area contributed by atoms with Crippen molar-refractivity contribution in [3.63, 3.8) is 0 Å². The number of aryl methyl sites for hydroxylation is 1. The Bertz CT molecular complexity index is 455. The lowest BCUT2D eigenvalue weighted by molar-refractivity contribution is -0.131. The summed E-state index contributed by atoms with van der Waals surface area (Å²) in [6.45, 7) is 4.93. The molecule has 18 heavy (non-hydrogen) atoms. The molecule has 0 aromatic heterocycles. The molecule has 2 N–H and O–H groups in total. The minimum Gasteiger partial charge on any atom is -0.478 e. The fourth-order valence-electron chi connectivity index (χ4n) is 1.71. The van der Waals surface area contributed by atoms with Gasteiger partial charge in [0.05, 0.1) is 0 Å². The van der Waals surface area contributed by atoms with Gasteiger partial charge in [0.25, 0.3) is 0 Å². The fourth-order valence-corrected chi connectivity index (χ4v) is 1.71. The lowest BCUT2D eigenvalue weighted by Gasteiger charge is -2.07. The van der Waals surface area contributed by atoms with Crippen LogP contribution in [-0.2, 0) is 11.2 Å². The van der Waals surface area contributed by atoms with Crippen molar-refractivity contribution in [2.24, 2.45) is 0 Å². The minimum absolute atomic E-state index is 0.218. The van der Waals surface area contributed by atoms with E-state index in [0.717, 1.165) is 29.7 Å². The maximum absolute atomic E-state index is 12.9. The van der Waals surface area contributed by atoms with E-state index in [0.29, 0.717) is 6.54 Å². The van der Waals surface area contributed by atoms with Gasteiger partial charge in [0.1, 0.15) is 5.82 Å². The van der Waals surface area contributed by atoms with E-state index < -0.39 is 5.97 Å². The Labute approximate surface area is 106 Å². The van der Waals surface area contributed by atoms with E-state index in [1.807, 2.05) is 6.92 Å². The Hall–Kier alpha value is -1.68. The highest BCUT2D eigenvalue weighted by atomic mass is 19.1. The standard InChI is InChI=1S/C14H18FNO2/c1-10(7-14(17)18)9-16-6-5-12-3-4-13(15)8-11(12)2/h3-4,7-8,16H,5-6,9H2,1-2H3,(H,17,18)/b10-7-. The van der Waals surface area contributed by atoms with E-state index in [2.05, 4.69) is 5.32 Å². The summed E-state index contributed by atoms with van der Waals surface area (Å²) in [5.74, 6) is -1.15. The highest BCUT2D eigenvalue weighted by molar-refractivity contribution is 5.80. The molecule has 0 aliphatic heterocycles. The van der Waals surface area contributed by atoms with Crippen molar-refractivity contribution in [2.45, 2.75) is 20.3 Å². The van der Waals surface area contributed by atoms with E-state index in [-0.39, 0.29) is 5.82 Å². The van der Waals surface area contributed by atoms with Crippen molar-refractivity contribution in [2.75, 3.05) is 13.1 Å². The Morgan fingerprint density at radius 2 is 2.22 bits per heavy atom. The first-order chi connectivity index (χ1) is 8.49. The predicted molar refractivity (Wildman–Crippen MR) is 69.1 cm³/mol. The zero-order valence-electron chi connectivity index (χ0n) is 10.7. The van der Waals surface area contributed by atoms with Gasteiger partial charge in [-0.1, -0.05) is 11.6 Å². The first kappa shape index (κ1) is 14.4. The van der Waals surface area contributed by atoms with Crippen LogP contribution in [0, 0.1) is 12.7 Å². The average molecular weight is 251 g/mol. The molecule has 4 heteroatoms. The molecule has 1 aromatic rings. The Morgan fingerprint density at radius 1 is 1.50 bits per heavy atom. The zero-order chi connectivity index (χ0) is 13.5. The third-order valence-electron chi connectivity index (χ3n) is 2.65. The highest BCUT2D eigenvalue weighted by Gasteiger charge is 2.00. The smallest absolute Gasteiger partial charge is 0.328 e. The van der Waals surface area contributed by atoms with Crippen molar-refractivity contribution >= 4 is 5.97 Å². The topological polar surface area (TPSA) is 49.3 Å². The maximum atomic E-state index is 12.9. The summed E-state index contributed by atoms with van der Waals surface area (Å²) >= 11 is 0. The van der Waals surface area contributed by atoms with Gasteiger partial charge in [-0.25, -0.2) is 9.18 Å². The molecule has 0 heterocycles. The molecule has 0 saturated carbocycles. The van der Waals surface area contributed by atoms with Gasteiger partial charge in [-0.05, 0) is 50.1 Å². The summed E-state index contributed by atoms with van der Waals surface area (Å²) in [6, 6.07) is 4.76. The number of carboxylic acid groups (broad SMARTS) is 1. The van der Waals surface area contributed by atoms with E-state index in [9.17, 15) is 9.18 Å². The number of hydrogen-bond acceptors (Lipinski definition) is 2. The van der Waals surface area contributed by atoms with Crippen LogP contribution in [0.25, 0.3) is 0 Å². The first-order valence-electron chi connectivity index (χ1n) is 5.85. The molecule has 0 aliphatic carbocycles. The van der Waals surface area contributed by atoms with E-state index >= 15 is 0 Å². The number of carboxylic acids is 1. The predicted octanol–water partition coefficient (Wildman–Crippen LogP) is 2.30. The molecule has 0 bridgehead atoms. The molecule has 0 spiro atoms. The van der Waals surface area contributed by atoms with E-state index in [4.69, 9.17) is 5.11 Å². The third kappa shape index (κ3) is 5.10. The fraction of sp³-hybridized carbons (Fsp3) is 0.357. The number of aliphatic carboxylic acids is 1. The molecular weight excluding hydrogens is 233 g/mol. The Morgan fingerprint density at radius 3 is 2.83 bits per heavy atom. The van der Waals surface area contributed by atoms with Crippen molar-refractivity contribution in [1.29, 1.82) is 0 Å². The summed E-state index contributed by atoms with van der Waals surface area (Å²) in [5.41, 5.74) is 2.82. The molecule has 0 fully saturated rings. The number of carbonyl (C=O) groups is 1. The SMILES string of the molecule is C/C(=C/C(=O)O)CNCCc1ccc(F)cc1C. The van der Waals surface area contributed by atoms with E-state index in [1.165, 1.54) is 18.2 Å². The normalized spacial score (nSPS) is 11.6. The molecule has 0 atom stereocenters. The number of rotatable bonds is 6. The van der Waals surface area contributed by atoms with Gasteiger partial charge in [0.2, 0.25) is 0 Å². The van der Waals surface area contributed by atoms with Gasteiger partial charge in [-0.15, -0.1) is 0 Å². The van der Waals surface area contributed by atoms with Gasteiger partial charge in [0, 0.05) is 12.6 Å². The Kier molecular flexibility index (Phi) is 5.52. The van der Waals surface area contributed by atoms with E-state index in [1.54, 1.807) is 13.0 Å². The number of nitrogens with one attached hydrogen (secondary N) is 1. The second-order valence-electron chi connectivity index (χ2n) is 4.33. The van der Waals surface area contributed by atoms with Crippen LogP contribution in [0.4, 0.5) is 4.39 Å². The van der Waals surface area contributed by atoms with Crippen LogP contribution in [0.3, 0.4) is 0 Å². The average Bonchev–Trinajstić information content (AvgIpc) is 2.25. The lowest BCUT2D eigenvalue weighted by atomic mass is 10.1.